The maximum Gasteiger partial charge on any atom is 0.252 e. The Morgan fingerprint density at radius 1 is 1.27 bits per heavy atom. The zero-order chi connectivity index (χ0) is 14.7. The molecule has 1 aromatic heterocycles. The summed E-state index contributed by atoms with van der Waals surface area (Å²) in [4.78, 5) is 12.8. The number of rotatable bonds is 3. The standard InChI is InChI=1S/C15H18N4O2.ClH/c20-13-4-2-12(3-5-13)18-14(21)15(6-9-16-10-7-15)19-11-1-8-17-19;/h1-5,8,11,16,20H,6-7,9-10H2,(H,18,21);1H. The molecule has 0 spiro atoms. The molecule has 1 aliphatic rings. The molecule has 7 heteroatoms. The summed E-state index contributed by atoms with van der Waals surface area (Å²) in [6, 6.07) is 8.31. The molecule has 2 heterocycles. The fourth-order valence-corrected chi connectivity index (χ4v) is 2.71. The van der Waals surface area contributed by atoms with Crippen molar-refractivity contribution >= 4 is 24.0 Å². The second-order valence-electron chi connectivity index (χ2n) is 5.23. The summed E-state index contributed by atoms with van der Waals surface area (Å²) in [5, 5.41) is 19.8. The molecule has 0 atom stereocenters. The molecular weight excluding hydrogens is 304 g/mol. The highest BCUT2D eigenvalue weighted by molar-refractivity contribution is 5.96. The van der Waals surface area contributed by atoms with E-state index in [2.05, 4.69) is 15.7 Å². The van der Waals surface area contributed by atoms with E-state index in [1.54, 1.807) is 35.1 Å². The Balaban J connectivity index is 0.00000176. The molecule has 22 heavy (non-hydrogen) atoms. The molecule has 118 valence electrons. The van der Waals surface area contributed by atoms with E-state index in [1.807, 2.05) is 12.3 Å². The van der Waals surface area contributed by atoms with Gasteiger partial charge in [-0.05, 0) is 56.3 Å². The fourth-order valence-electron chi connectivity index (χ4n) is 2.71. The van der Waals surface area contributed by atoms with E-state index in [1.165, 1.54) is 0 Å². The third-order valence-electron chi connectivity index (χ3n) is 3.92. The third kappa shape index (κ3) is 3.08. The van der Waals surface area contributed by atoms with Gasteiger partial charge in [-0.1, -0.05) is 0 Å². The number of piperidine rings is 1. The van der Waals surface area contributed by atoms with Crippen LogP contribution in [0.1, 0.15) is 12.8 Å². The van der Waals surface area contributed by atoms with Gasteiger partial charge >= 0.3 is 0 Å². The number of amides is 1. The van der Waals surface area contributed by atoms with Gasteiger partial charge in [0.2, 0.25) is 0 Å². The lowest BCUT2D eigenvalue weighted by molar-refractivity contribution is -0.126. The number of carbonyl (C=O) groups excluding carboxylic acids is 1. The largest absolute Gasteiger partial charge is 0.508 e. The number of carbonyl (C=O) groups is 1. The van der Waals surface area contributed by atoms with Crippen LogP contribution in [-0.2, 0) is 10.3 Å². The summed E-state index contributed by atoms with van der Waals surface area (Å²) in [6.45, 7) is 1.56. The van der Waals surface area contributed by atoms with Crippen LogP contribution in [0.25, 0.3) is 0 Å². The Bertz CT molecular complexity index is 607. The lowest BCUT2D eigenvalue weighted by Gasteiger charge is -2.36. The van der Waals surface area contributed by atoms with Crippen molar-refractivity contribution in [3.63, 3.8) is 0 Å². The molecule has 1 amide bonds. The average molecular weight is 323 g/mol. The van der Waals surface area contributed by atoms with Crippen molar-refractivity contribution in [2.75, 3.05) is 18.4 Å². The molecule has 1 fully saturated rings. The van der Waals surface area contributed by atoms with Crippen molar-refractivity contribution in [3.05, 3.63) is 42.7 Å². The smallest absolute Gasteiger partial charge is 0.252 e. The first-order valence-corrected chi connectivity index (χ1v) is 7.02. The minimum absolute atomic E-state index is 0. The fraction of sp³-hybridized carbons (Fsp3) is 0.333. The quantitative estimate of drug-likeness (QED) is 0.752. The van der Waals surface area contributed by atoms with Gasteiger partial charge in [0.25, 0.3) is 5.91 Å². The number of anilines is 1. The molecule has 6 nitrogen and oxygen atoms in total. The number of phenolic OH excluding ortho intramolecular Hbond substituents is 1. The van der Waals surface area contributed by atoms with Crippen molar-refractivity contribution in [1.82, 2.24) is 15.1 Å². The summed E-state index contributed by atoms with van der Waals surface area (Å²) in [7, 11) is 0. The first-order valence-electron chi connectivity index (χ1n) is 7.02. The zero-order valence-electron chi connectivity index (χ0n) is 12.0. The number of hydrogen-bond acceptors (Lipinski definition) is 4. The molecule has 0 aliphatic carbocycles. The van der Waals surface area contributed by atoms with Gasteiger partial charge in [-0.3, -0.25) is 9.48 Å². The summed E-state index contributed by atoms with van der Waals surface area (Å²) >= 11 is 0. The third-order valence-corrected chi connectivity index (χ3v) is 3.92. The Morgan fingerprint density at radius 2 is 1.95 bits per heavy atom. The van der Waals surface area contributed by atoms with E-state index in [0.717, 1.165) is 13.1 Å². The monoisotopic (exact) mass is 322 g/mol. The first kappa shape index (κ1) is 16.3. The Kier molecular flexibility index (Phi) is 5.05. The minimum atomic E-state index is -0.660. The van der Waals surface area contributed by atoms with Gasteiger partial charge < -0.3 is 15.7 Å². The lowest BCUT2D eigenvalue weighted by Crippen LogP contribution is -2.52. The highest BCUT2D eigenvalue weighted by Gasteiger charge is 2.41. The van der Waals surface area contributed by atoms with Crippen LogP contribution in [0.15, 0.2) is 42.7 Å². The highest BCUT2D eigenvalue weighted by atomic mass is 35.5. The first-order chi connectivity index (χ1) is 10.2. The van der Waals surface area contributed by atoms with Crippen LogP contribution in [0.4, 0.5) is 5.69 Å². The van der Waals surface area contributed by atoms with E-state index in [0.29, 0.717) is 18.5 Å². The van der Waals surface area contributed by atoms with E-state index < -0.39 is 5.54 Å². The van der Waals surface area contributed by atoms with Crippen molar-refractivity contribution in [3.8, 4) is 5.75 Å². The molecule has 3 N–H and O–H groups in total. The second kappa shape index (κ2) is 6.81. The van der Waals surface area contributed by atoms with Crippen LogP contribution < -0.4 is 10.6 Å². The molecular formula is C15H19ClN4O2. The van der Waals surface area contributed by atoms with Crippen LogP contribution in [0.2, 0.25) is 0 Å². The molecule has 1 aromatic carbocycles. The maximum atomic E-state index is 12.8. The number of aromatic hydroxyl groups is 1. The van der Waals surface area contributed by atoms with Crippen LogP contribution in [0, 0.1) is 0 Å². The van der Waals surface area contributed by atoms with E-state index in [9.17, 15) is 9.90 Å². The predicted molar refractivity (Wildman–Crippen MR) is 86.3 cm³/mol. The van der Waals surface area contributed by atoms with E-state index >= 15 is 0 Å². The lowest BCUT2D eigenvalue weighted by atomic mass is 9.87. The van der Waals surface area contributed by atoms with Crippen LogP contribution in [0.3, 0.4) is 0 Å². The summed E-state index contributed by atoms with van der Waals surface area (Å²) < 4.78 is 1.75. The van der Waals surface area contributed by atoms with Gasteiger partial charge in [0.05, 0.1) is 0 Å². The molecule has 3 rings (SSSR count). The number of nitrogens with zero attached hydrogens (tertiary/aromatic N) is 2. The SMILES string of the molecule is Cl.O=C(Nc1ccc(O)cc1)C1(n2cccn2)CCNCC1. The van der Waals surface area contributed by atoms with Crippen molar-refractivity contribution in [2.24, 2.45) is 0 Å². The minimum Gasteiger partial charge on any atom is -0.508 e. The van der Waals surface area contributed by atoms with Crippen LogP contribution in [-0.4, -0.2) is 33.9 Å². The number of hydrogen-bond donors (Lipinski definition) is 3. The number of benzene rings is 1. The van der Waals surface area contributed by atoms with E-state index in [4.69, 9.17) is 0 Å². The predicted octanol–water partition coefficient (Wildman–Crippen LogP) is 1.73. The number of aromatic nitrogens is 2. The van der Waals surface area contributed by atoms with Gasteiger partial charge in [0.1, 0.15) is 11.3 Å². The molecule has 0 saturated carbocycles. The van der Waals surface area contributed by atoms with Crippen molar-refractivity contribution in [2.45, 2.75) is 18.4 Å². The van der Waals surface area contributed by atoms with Gasteiger partial charge in [0, 0.05) is 18.1 Å². The summed E-state index contributed by atoms with van der Waals surface area (Å²) in [6.07, 6.45) is 4.91. The maximum absolute atomic E-state index is 12.8. The normalized spacial score (nSPS) is 16.5. The van der Waals surface area contributed by atoms with Gasteiger partial charge in [-0.2, -0.15) is 5.10 Å². The van der Waals surface area contributed by atoms with Gasteiger partial charge in [0.15, 0.2) is 0 Å². The molecule has 2 aromatic rings. The molecule has 0 bridgehead atoms. The molecule has 0 unspecified atom stereocenters. The number of phenols is 1. The topological polar surface area (TPSA) is 79.2 Å². The van der Waals surface area contributed by atoms with Gasteiger partial charge in [-0.15, -0.1) is 12.4 Å². The number of halogens is 1. The van der Waals surface area contributed by atoms with Crippen molar-refractivity contribution in [1.29, 1.82) is 0 Å². The van der Waals surface area contributed by atoms with Gasteiger partial charge in [-0.25, -0.2) is 0 Å². The van der Waals surface area contributed by atoms with E-state index in [-0.39, 0.29) is 24.1 Å². The second-order valence-corrected chi connectivity index (χ2v) is 5.23. The van der Waals surface area contributed by atoms with Crippen molar-refractivity contribution < 1.29 is 9.90 Å². The zero-order valence-corrected chi connectivity index (χ0v) is 12.8. The number of nitrogens with one attached hydrogen (secondary N) is 2. The Hall–Kier alpha value is -2.05. The molecule has 1 aliphatic heterocycles. The Labute approximate surface area is 134 Å². The highest BCUT2D eigenvalue weighted by Crippen LogP contribution is 2.29. The Morgan fingerprint density at radius 3 is 2.55 bits per heavy atom. The molecule has 1 saturated heterocycles. The van der Waals surface area contributed by atoms with Crippen LogP contribution >= 0.6 is 12.4 Å². The average Bonchev–Trinajstić information content (AvgIpc) is 3.05. The summed E-state index contributed by atoms with van der Waals surface area (Å²) in [5.74, 6) is 0.107. The molecule has 0 radical (unpaired) electrons. The van der Waals surface area contributed by atoms with Crippen LogP contribution in [0.5, 0.6) is 5.75 Å². The summed E-state index contributed by atoms with van der Waals surface area (Å²) in [5.41, 5.74) is 0.00924.